The molecular formula is C16H21NO3. The summed E-state index contributed by atoms with van der Waals surface area (Å²) in [4.78, 5) is 13.5. The van der Waals surface area contributed by atoms with Crippen LogP contribution in [0.25, 0.3) is 0 Å². The lowest BCUT2D eigenvalue weighted by Crippen LogP contribution is -2.45. The molecule has 1 fully saturated rings. The van der Waals surface area contributed by atoms with Gasteiger partial charge in [0, 0.05) is 13.0 Å². The first-order chi connectivity index (χ1) is 9.74. The van der Waals surface area contributed by atoms with Crippen molar-refractivity contribution in [2.24, 2.45) is 0 Å². The summed E-state index contributed by atoms with van der Waals surface area (Å²) in [5.74, 6) is 0.265. The fourth-order valence-corrected chi connectivity index (χ4v) is 3.28. The van der Waals surface area contributed by atoms with Crippen molar-refractivity contribution in [2.75, 3.05) is 13.1 Å². The molecule has 2 atom stereocenters. The lowest BCUT2D eigenvalue weighted by molar-refractivity contribution is -0.143. The van der Waals surface area contributed by atoms with Gasteiger partial charge >= 0.3 is 5.97 Å². The molecule has 3 rings (SSSR count). The Morgan fingerprint density at radius 3 is 2.95 bits per heavy atom. The van der Waals surface area contributed by atoms with Gasteiger partial charge in [0.15, 0.2) is 0 Å². The van der Waals surface area contributed by atoms with E-state index in [1.807, 2.05) is 18.2 Å². The third-order valence-corrected chi connectivity index (χ3v) is 4.30. The van der Waals surface area contributed by atoms with Gasteiger partial charge in [-0.2, -0.15) is 0 Å². The number of fused-ring (bicyclic) bond motifs is 1. The van der Waals surface area contributed by atoms with E-state index in [0.29, 0.717) is 6.54 Å². The smallest absolute Gasteiger partial charge is 0.320 e. The molecule has 0 amide bonds. The first-order valence-corrected chi connectivity index (χ1v) is 7.45. The highest BCUT2D eigenvalue weighted by molar-refractivity contribution is 5.73. The third kappa shape index (κ3) is 2.80. The van der Waals surface area contributed by atoms with Crippen molar-refractivity contribution < 1.29 is 14.6 Å². The number of carboxylic acids is 1. The number of carbonyl (C=O) groups is 1. The largest absolute Gasteiger partial charge is 0.488 e. The fraction of sp³-hybridized carbons (Fsp3) is 0.562. The van der Waals surface area contributed by atoms with Crippen LogP contribution in [-0.2, 0) is 11.2 Å². The molecule has 2 aliphatic heterocycles. The van der Waals surface area contributed by atoms with Crippen molar-refractivity contribution in [3.8, 4) is 5.75 Å². The summed E-state index contributed by atoms with van der Waals surface area (Å²) in [5, 5.41) is 9.40. The minimum Gasteiger partial charge on any atom is -0.488 e. The Morgan fingerprint density at radius 2 is 2.15 bits per heavy atom. The van der Waals surface area contributed by atoms with Gasteiger partial charge < -0.3 is 9.84 Å². The molecule has 1 aromatic carbocycles. The van der Waals surface area contributed by atoms with Crippen LogP contribution in [0.5, 0.6) is 5.75 Å². The van der Waals surface area contributed by atoms with E-state index in [0.717, 1.165) is 44.4 Å². The molecule has 4 nitrogen and oxygen atoms in total. The van der Waals surface area contributed by atoms with Crippen LogP contribution >= 0.6 is 0 Å². The van der Waals surface area contributed by atoms with E-state index < -0.39 is 5.97 Å². The predicted molar refractivity (Wildman–Crippen MR) is 76.0 cm³/mol. The quantitative estimate of drug-likeness (QED) is 0.919. The molecule has 108 valence electrons. The van der Waals surface area contributed by atoms with Gasteiger partial charge in [0.2, 0.25) is 0 Å². The molecule has 0 spiro atoms. The maximum absolute atomic E-state index is 11.4. The molecule has 0 bridgehead atoms. The Kier molecular flexibility index (Phi) is 3.92. The third-order valence-electron chi connectivity index (χ3n) is 4.30. The zero-order valence-electron chi connectivity index (χ0n) is 11.6. The standard InChI is InChI=1S/C16H21NO3/c18-16(19)14-7-2-1-5-9-17(14)11-13-10-12-6-3-4-8-15(12)20-13/h3-4,6,8,13-14H,1-2,5,7,9-11H2,(H,18,19). The number of hydrogen-bond donors (Lipinski definition) is 1. The maximum Gasteiger partial charge on any atom is 0.320 e. The fourth-order valence-electron chi connectivity index (χ4n) is 3.28. The van der Waals surface area contributed by atoms with Crippen molar-refractivity contribution in [2.45, 2.75) is 44.2 Å². The van der Waals surface area contributed by atoms with Crippen molar-refractivity contribution in [3.05, 3.63) is 29.8 Å². The zero-order chi connectivity index (χ0) is 13.9. The summed E-state index contributed by atoms with van der Waals surface area (Å²) in [5.41, 5.74) is 1.24. The molecular weight excluding hydrogens is 254 g/mol. The minimum absolute atomic E-state index is 0.0901. The van der Waals surface area contributed by atoms with Crippen LogP contribution in [-0.4, -0.2) is 41.2 Å². The van der Waals surface area contributed by atoms with Crippen LogP contribution in [0.15, 0.2) is 24.3 Å². The van der Waals surface area contributed by atoms with E-state index in [1.54, 1.807) is 0 Å². The number of para-hydroxylation sites is 1. The molecule has 0 aliphatic carbocycles. The molecule has 2 aliphatic rings. The summed E-state index contributed by atoms with van der Waals surface area (Å²) < 4.78 is 5.94. The Labute approximate surface area is 119 Å². The second-order valence-corrected chi connectivity index (χ2v) is 5.75. The number of hydrogen-bond acceptors (Lipinski definition) is 3. The van der Waals surface area contributed by atoms with Gasteiger partial charge in [-0.05, 0) is 31.0 Å². The zero-order valence-corrected chi connectivity index (χ0v) is 11.6. The van der Waals surface area contributed by atoms with Crippen LogP contribution in [0, 0.1) is 0 Å². The van der Waals surface area contributed by atoms with Gasteiger partial charge in [-0.25, -0.2) is 0 Å². The highest BCUT2D eigenvalue weighted by Crippen LogP contribution is 2.29. The molecule has 1 aromatic rings. The summed E-state index contributed by atoms with van der Waals surface area (Å²) in [6.45, 7) is 1.58. The first kappa shape index (κ1) is 13.4. The Hall–Kier alpha value is -1.55. The van der Waals surface area contributed by atoms with Crippen molar-refractivity contribution in [3.63, 3.8) is 0 Å². The maximum atomic E-state index is 11.4. The van der Waals surface area contributed by atoms with Gasteiger partial charge in [0.05, 0.1) is 0 Å². The number of rotatable bonds is 3. The Morgan fingerprint density at radius 1 is 1.30 bits per heavy atom. The van der Waals surface area contributed by atoms with E-state index in [4.69, 9.17) is 4.74 Å². The number of aliphatic carboxylic acids is 1. The normalized spacial score (nSPS) is 26.6. The molecule has 20 heavy (non-hydrogen) atoms. The van der Waals surface area contributed by atoms with E-state index >= 15 is 0 Å². The molecule has 0 aromatic heterocycles. The van der Waals surface area contributed by atoms with E-state index in [-0.39, 0.29) is 12.1 Å². The van der Waals surface area contributed by atoms with Crippen molar-refractivity contribution >= 4 is 5.97 Å². The summed E-state index contributed by atoms with van der Waals surface area (Å²) in [6.07, 6.45) is 4.97. The number of carboxylic acid groups (broad SMARTS) is 1. The molecule has 1 saturated heterocycles. The SMILES string of the molecule is O=C(O)C1CCCCCN1CC1Cc2ccccc2O1. The lowest BCUT2D eigenvalue weighted by Gasteiger charge is -2.28. The molecule has 0 saturated carbocycles. The van der Waals surface area contributed by atoms with E-state index in [2.05, 4.69) is 11.0 Å². The summed E-state index contributed by atoms with van der Waals surface area (Å²) >= 11 is 0. The highest BCUT2D eigenvalue weighted by atomic mass is 16.5. The van der Waals surface area contributed by atoms with Gasteiger partial charge in [0.1, 0.15) is 17.9 Å². The average molecular weight is 275 g/mol. The van der Waals surface area contributed by atoms with Crippen LogP contribution in [0.3, 0.4) is 0 Å². The number of likely N-dealkylation sites (tertiary alicyclic amines) is 1. The predicted octanol–water partition coefficient (Wildman–Crippen LogP) is 2.32. The van der Waals surface area contributed by atoms with Gasteiger partial charge in [-0.1, -0.05) is 31.0 Å². The average Bonchev–Trinajstić information content (AvgIpc) is 2.68. The Bertz CT molecular complexity index is 463. The lowest BCUT2D eigenvalue weighted by atomic mass is 10.1. The van der Waals surface area contributed by atoms with Crippen LogP contribution in [0.1, 0.15) is 31.2 Å². The Balaban J connectivity index is 1.66. The van der Waals surface area contributed by atoms with Crippen LogP contribution in [0.4, 0.5) is 0 Å². The van der Waals surface area contributed by atoms with E-state index in [1.165, 1.54) is 5.56 Å². The number of nitrogens with zero attached hydrogens (tertiary/aromatic N) is 1. The first-order valence-electron chi connectivity index (χ1n) is 7.45. The topological polar surface area (TPSA) is 49.8 Å². The second-order valence-electron chi connectivity index (χ2n) is 5.75. The molecule has 2 unspecified atom stereocenters. The monoisotopic (exact) mass is 275 g/mol. The molecule has 2 heterocycles. The summed E-state index contributed by atoms with van der Waals surface area (Å²) in [7, 11) is 0. The van der Waals surface area contributed by atoms with Crippen molar-refractivity contribution in [1.82, 2.24) is 4.90 Å². The van der Waals surface area contributed by atoms with Gasteiger partial charge in [-0.3, -0.25) is 9.69 Å². The minimum atomic E-state index is -0.692. The van der Waals surface area contributed by atoms with Gasteiger partial charge in [-0.15, -0.1) is 0 Å². The van der Waals surface area contributed by atoms with Gasteiger partial charge in [0.25, 0.3) is 0 Å². The van der Waals surface area contributed by atoms with E-state index in [9.17, 15) is 9.90 Å². The molecule has 1 N–H and O–H groups in total. The van der Waals surface area contributed by atoms with Crippen LogP contribution < -0.4 is 4.74 Å². The van der Waals surface area contributed by atoms with Crippen LogP contribution in [0.2, 0.25) is 0 Å². The second kappa shape index (κ2) is 5.83. The van der Waals surface area contributed by atoms with Crippen molar-refractivity contribution in [1.29, 1.82) is 0 Å². The highest BCUT2D eigenvalue weighted by Gasteiger charge is 2.31. The molecule has 4 heteroatoms. The number of ether oxygens (including phenoxy) is 1. The summed E-state index contributed by atoms with van der Waals surface area (Å²) in [6, 6.07) is 7.74. The molecule has 0 radical (unpaired) electrons. The number of benzene rings is 1.